The molecular formula is C15H24N4O. The molecule has 110 valence electrons. The van der Waals surface area contributed by atoms with Crippen molar-refractivity contribution in [1.29, 1.82) is 0 Å². The number of benzene rings is 1. The molecule has 0 radical (unpaired) electrons. The SMILES string of the molecule is CN1CCN(CCNC(=O)Cc2cccc(N)c2)CC1. The van der Waals surface area contributed by atoms with E-state index in [1.807, 2.05) is 24.3 Å². The molecule has 0 aromatic heterocycles. The van der Waals surface area contributed by atoms with Crippen molar-refractivity contribution in [2.24, 2.45) is 0 Å². The second kappa shape index (κ2) is 7.26. The summed E-state index contributed by atoms with van der Waals surface area (Å²) in [6.45, 7) is 6.03. The van der Waals surface area contributed by atoms with Crippen molar-refractivity contribution < 1.29 is 4.79 Å². The van der Waals surface area contributed by atoms with Gasteiger partial charge in [-0.15, -0.1) is 0 Å². The molecule has 1 aromatic carbocycles. The van der Waals surface area contributed by atoms with Gasteiger partial charge in [0.25, 0.3) is 0 Å². The van der Waals surface area contributed by atoms with Crippen LogP contribution in [0.1, 0.15) is 5.56 Å². The number of nitrogen functional groups attached to an aromatic ring is 1. The minimum Gasteiger partial charge on any atom is -0.399 e. The van der Waals surface area contributed by atoms with Gasteiger partial charge in [0.1, 0.15) is 0 Å². The smallest absolute Gasteiger partial charge is 0.224 e. The van der Waals surface area contributed by atoms with Crippen molar-refractivity contribution in [2.75, 3.05) is 52.0 Å². The van der Waals surface area contributed by atoms with Crippen LogP contribution in [0.2, 0.25) is 0 Å². The van der Waals surface area contributed by atoms with Gasteiger partial charge in [-0.2, -0.15) is 0 Å². The number of nitrogens with two attached hydrogens (primary N) is 1. The van der Waals surface area contributed by atoms with E-state index in [4.69, 9.17) is 5.73 Å². The molecule has 20 heavy (non-hydrogen) atoms. The zero-order valence-electron chi connectivity index (χ0n) is 12.1. The predicted molar refractivity (Wildman–Crippen MR) is 81.5 cm³/mol. The van der Waals surface area contributed by atoms with Crippen LogP contribution in [0.3, 0.4) is 0 Å². The molecule has 0 saturated carbocycles. The van der Waals surface area contributed by atoms with E-state index in [9.17, 15) is 4.79 Å². The summed E-state index contributed by atoms with van der Waals surface area (Å²) in [7, 11) is 2.14. The Morgan fingerprint density at radius 2 is 2.05 bits per heavy atom. The summed E-state index contributed by atoms with van der Waals surface area (Å²) in [5.41, 5.74) is 7.36. The summed E-state index contributed by atoms with van der Waals surface area (Å²) in [6, 6.07) is 7.48. The third-order valence-corrected chi connectivity index (χ3v) is 3.66. The van der Waals surface area contributed by atoms with Gasteiger partial charge in [-0.3, -0.25) is 9.69 Å². The van der Waals surface area contributed by atoms with Gasteiger partial charge in [0.15, 0.2) is 0 Å². The van der Waals surface area contributed by atoms with Crippen molar-refractivity contribution in [3.8, 4) is 0 Å². The highest BCUT2D eigenvalue weighted by Crippen LogP contribution is 2.06. The molecule has 2 rings (SSSR count). The van der Waals surface area contributed by atoms with Crippen molar-refractivity contribution in [2.45, 2.75) is 6.42 Å². The van der Waals surface area contributed by atoms with E-state index in [1.165, 1.54) is 0 Å². The highest BCUT2D eigenvalue weighted by Gasteiger charge is 2.13. The molecule has 0 bridgehead atoms. The monoisotopic (exact) mass is 276 g/mol. The summed E-state index contributed by atoms with van der Waals surface area (Å²) in [5.74, 6) is 0.0599. The first-order valence-electron chi connectivity index (χ1n) is 7.15. The molecule has 0 spiro atoms. The molecular weight excluding hydrogens is 252 g/mol. The average molecular weight is 276 g/mol. The summed E-state index contributed by atoms with van der Waals surface area (Å²) in [6.07, 6.45) is 0.397. The molecule has 1 aromatic rings. The Bertz CT molecular complexity index is 441. The van der Waals surface area contributed by atoms with Crippen LogP contribution >= 0.6 is 0 Å². The molecule has 1 amide bonds. The van der Waals surface area contributed by atoms with Crippen LogP contribution in [0.25, 0.3) is 0 Å². The molecule has 1 aliphatic heterocycles. The van der Waals surface area contributed by atoms with E-state index >= 15 is 0 Å². The lowest BCUT2D eigenvalue weighted by Gasteiger charge is -2.32. The minimum absolute atomic E-state index is 0.0599. The van der Waals surface area contributed by atoms with Crippen LogP contribution < -0.4 is 11.1 Å². The number of anilines is 1. The fraction of sp³-hybridized carbons (Fsp3) is 0.533. The quantitative estimate of drug-likeness (QED) is 0.753. The third-order valence-electron chi connectivity index (χ3n) is 3.66. The molecule has 0 aliphatic carbocycles. The second-order valence-electron chi connectivity index (χ2n) is 5.42. The normalized spacial score (nSPS) is 17.1. The first-order valence-corrected chi connectivity index (χ1v) is 7.15. The van der Waals surface area contributed by atoms with E-state index in [1.54, 1.807) is 0 Å². The number of hydrogen-bond acceptors (Lipinski definition) is 4. The Labute approximate surface area is 120 Å². The molecule has 1 heterocycles. The summed E-state index contributed by atoms with van der Waals surface area (Å²) < 4.78 is 0. The molecule has 0 atom stereocenters. The van der Waals surface area contributed by atoms with Gasteiger partial charge in [-0.05, 0) is 24.7 Å². The summed E-state index contributed by atoms with van der Waals surface area (Å²) >= 11 is 0. The summed E-state index contributed by atoms with van der Waals surface area (Å²) in [4.78, 5) is 16.6. The number of nitrogens with zero attached hydrogens (tertiary/aromatic N) is 2. The van der Waals surface area contributed by atoms with Crippen LogP contribution in [0.5, 0.6) is 0 Å². The van der Waals surface area contributed by atoms with Gasteiger partial charge >= 0.3 is 0 Å². The van der Waals surface area contributed by atoms with Gasteiger partial charge in [-0.1, -0.05) is 12.1 Å². The van der Waals surface area contributed by atoms with Gasteiger partial charge in [-0.25, -0.2) is 0 Å². The van der Waals surface area contributed by atoms with Crippen LogP contribution in [0, 0.1) is 0 Å². The molecule has 1 fully saturated rings. The van der Waals surface area contributed by atoms with Crippen molar-refractivity contribution >= 4 is 11.6 Å². The number of nitrogens with one attached hydrogen (secondary N) is 1. The number of carbonyl (C=O) groups excluding carboxylic acids is 1. The maximum atomic E-state index is 11.8. The van der Waals surface area contributed by atoms with Gasteiger partial charge in [0.2, 0.25) is 5.91 Å². The number of piperazine rings is 1. The summed E-state index contributed by atoms with van der Waals surface area (Å²) in [5, 5.41) is 2.97. The van der Waals surface area contributed by atoms with Crippen molar-refractivity contribution in [3.05, 3.63) is 29.8 Å². The number of likely N-dealkylation sites (N-methyl/N-ethyl adjacent to an activating group) is 1. The first kappa shape index (κ1) is 14.8. The van der Waals surface area contributed by atoms with E-state index < -0.39 is 0 Å². The Kier molecular flexibility index (Phi) is 5.38. The van der Waals surface area contributed by atoms with Crippen LogP contribution in [-0.4, -0.2) is 62.0 Å². The Morgan fingerprint density at radius 3 is 2.75 bits per heavy atom. The van der Waals surface area contributed by atoms with E-state index in [2.05, 4.69) is 22.2 Å². The third kappa shape index (κ3) is 4.83. The van der Waals surface area contributed by atoms with Crippen LogP contribution in [0.15, 0.2) is 24.3 Å². The largest absolute Gasteiger partial charge is 0.399 e. The molecule has 5 heteroatoms. The zero-order valence-corrected chi connectivity index (χ0v) is 12.1. The molecule has 1 saturated heterocycles. The van der Waals surface area contributed by atoms with Crippen molar-refractivity contribution in [1.82, 2.24) is 15.1 Å². The van der Waals surface area contributed by atoms with E-state index in [0.717, 1.165) is 38.3 Å². The van der Waals surface area contributed by atoms with E-state index in [0.29, 0.717) is 18.7 Å². The van der Waals surface area contributed by atoms with Crippen LogP contribution in [-0.2, 0) is 11.2 Å². The highest BCUT2D eigenvalue weighted by atomic mass is 16.1. The molecule has 0 unspecified atom stereocenters. The molecule has 3 N–H and O–H groups in total. The van der Waals surface area contributed by atoms with Crippen molar-refractivity contribution in [3.63, 3.8) is 0 Å². The van der Waals surface area contributed by atoms with E-state index in [-0.39, 0.29) is 5.91 Å². The highest BCUT2D eigenvalue weighted by molar-refractivity contribution is 5.78. The standard InChI is InChI=1S/C15H24N4O/c1-18-7-9-19(10-8-18)6-5-17-15(20)12-13-3-2-4-14(16)11-13/h2-4,11H,5-10,12,16H2,1H3,(H,17,20). The Morgan fingerprint density at radius 1 is 1.30 bits per heavy atom. The maximum absolute atomic E-state index is 11.8. The molecule has 5 nitrogen and oxygen atoms in total. The minimum atomic E-state index is 0.0599. The topological polar surface area (TPSA) is 61.6 Å². The molecule has 1 aliphatic rings. The van der Waals surface area contributed by atoms with Crippen LogP contribution in [0.4, 0.5) is 5.69 Å². The fourth-order valence-electron chi connectivity index (χ4n) is 2.38. The Balaban J connectivity index is 1.65. The Hall–Kier alpha value is -1.59. The number of carbonyl (C=O) groups is 1. The number of amides is 1. The first-order chi connectivity index (χ1) is 9.63. The second-order valence-corrected chi connectivity index (χ2v) is 5.42. The lowest BCUT2D eigenvalue weighted by Crippen LogP contribution is -2.47. The fourth-order valence-corrected chi connectivity index (χ4v) is 2.38. The van der Waals surface area contributed by atoms with Gasteiger partial charge in [0.05, 0.1) is 6.42 Å². The van der Waals surface area contributed by atoms with Gasteiger partial charge in [0, 0.05) is 45.0 Å². The maximum Gasteiger partial charge on any atom is 0.224 e. The lowest BCUT2D eigenvalue weighted by molar-refractivity contribution is -0.120. The average Bonchev–Trinajstić information content (AvgIpc) is 2.41. The van der Waals surface area contributed by atoms with Gasteiger partial charge < -0.3 is 16.0 Å². The predicted octanol–water partition coefficient (Wildman–Crippen LogP) is 0.175. The number of hydrogen-bond donors (Lipinski definition) is 2. The number of rotatable bonds is 5. The lowest BCUT2D eigenvalue weighted by atomic mass is 10.1. The zero-order chi connectivity index (χ0) is 14.4.